The van der Waals surface area contributed by atoms with Crippen molar-refractivity contribution in [2.24, 2.45) is 5.92 Å². The molecule has 1 aliphatic rings. The van der Waals surface area contributed by atoms with Crippen molar-refractivity contribution in [3.63, 3.8) is 0 Å². The van der Waals surface area contributed by atoms with Crippen LogP contribution in [0.1, 0.15) is 99.8 Å². The second-order valence-corrected chi connectivity index (χ2v) is 9.18. The smallest absolute Gasteiger partial charge is 0.129 e. The summed E-state index contributed by atoms with van der Waals surface area (Å²) in [6.45, 7) is 6.10. The van der Waals surface area contributed by atoms with E-state index in [4.69, 9.17) is 0 Å². The molecule has 3 heteroatoms. The van der Waals surface area contributed by atoms with Crippen LogP contribution in [0, 0.1) is 23.4 Å². The molecule has 0 spiro atoms. The van der Waals surface area contributed by atoms with Gasteiger partial charge in [-0.05, 0) is 91.2 Å². The van der Waals surface area contributed by atoms with Gasteiger partial charge < -0.3 is 0 Å². The SMILES string of the molecule is CCCc1ccc([C@H](C)Cc2c(F)cc(C3CCC(CCC)CC3)cc2F)c(F)c1. The van der Waals surface area contributed by atoms with Crippen LogP contribution >= 0.6 is 0 Å². The van der Waals surface area contributed by atoms with E-state index in [2.05, 4.69) is 13.8 Å². The third-order valence-electron chi connectivity index (χ3n) is 6.82. The Morgan fingerprint density at radius 1 is 0.867 bits per heavy atom. The molecule has 0 unspecified atom stereocenters. The van der Waals surface area contributed by atoms with E-state index in [1.807, 2.05) is 13.0 Å². The monoisotopic (exact) mass is 416 g/mol. The van der Waals surface area contributed by atoms with Gasteiger partial charge in [0.2, 0.25) is 0 Å². The number of halogens is 3. The Morgan fingerprint density at radius 3 is 2.10 bits per heavy atom. The number of benzene rings is 2. The fourth-order valence-electron chi connectivity index (χ4n) is 5.08. The average Bonchev–Trinajstić information content (AvgIpc) is 2.71. The first-order valence-electron chi connectivity index (χ1n) is 11.7. The van der Waals surface area contributed by atoms with E-state index < -0.39 is 11.6 Å². The molecule has 2 aromatic carbocycles. The van der Waals surface area contributed by atoms with Crippen molar-refractivity contribution in [1.82, 2.24) is 0 Å². The Hall–Kier alpha value is -1.77. The van der Waals surface area contributed by atoms with Crippen molar-refractivity contribution in [3.8, 4) is 0 Å². The van der Waals surface area contributed by atoms with E-state index in [0.29, 0.717) is 5.56 Å². The van der Waals surface area contributed by atoms with Gasteiger partial charge >= 0.3 is 0 Å². The first-order chi connectivity index (χ1) is 14.4. The van der Waals surface area contributed by atoms with Gasteiger partial charge in [-0.25, -0.2) is 13.2 Å². The van der Waals surface area contributed by atoms with Crippen molar-refractivity contribution in [2.75, 3.05) is 0 Å². The molecule has 0 radical (unpaired) electrons. The van der Waals surface area contributed by atoms with Crippen molar-refractivity contribution in [1.29, 1.82) is 0 Å². The maximum Gasteiger partial charge on any atom is 0.129 e. The molecule has 0 N–H and O–H groups in total. The van der Waals surface area contributed by atoms with Crippen molar-refractivity contribution in [2.45, 2.75) is 90.4 Å². The van der Waals surface area contributed by atoms with Crippen molar-refractivity contribution in [3.05, 3.63) is 70.0 Å². The summed E-state index contributed by atoms with van der Waals surface area (Å²) in [4.78, 5) is 0. The predicted octanol–water partition coefficient (Wildman–Crippen LogP) is 8.48. The molecule has 164 valence electrons. The molecule has 3 rings (SSSR count). The van der Waals surface area contributed by atoms with Gasteiger partial charge in [0, 0.05) is 5.56 Å². The molecule has 0 heterocycles. The van der Waals surface area contributed by atoms with E-state index in [9.17, 15) is 13.2 Å². The van der Waals surface area contributed by atoms with Crippen LogP contribution in [0.25, 0.3) is 0 Å². The standard InChI is InChI=1S/C27H35F3/c1-4-6-19-8-11-21(12-9-19)22-16-26(29)24(27(30)17-22)14-18(3)23-13-10-20(7-5-2)15-25(23)28/h10,13,15-19,21H,4-9,11-12,14H2,1-3H3/t18-,19?,21?/m1/s1. The lowest BCUT2D eigenvalue weighted by Crippen LogP contribution is -2.14. The van der Waals surface area contributed by atoms with Crippen LogP contribution in [0.15, 0.2) is 30.3 Å². The van der Waals surface area contributed by atoms with Gasteiger partial charge in [-0.3, -0.25) is 0 Å². The number of hydrogen-bond donors (Lipinski definition) is 0. The lowest BCUT2D eigenvalue weighted by molar-refractivity contribution is 0.307. The molecule has 0 nitrogen and oxygen atoms in total. The largest absolute Gasteiger partial charge is 0.207 e. The highest BCUT2D eigenvalue weighted by atomic mass is 19.1. The third-order valence-corrected chi connectivity index (χ3v) is 6.82. The molecule has 2 aromatic rings. The highest BCUT2D eigenvalue weighted by Gasteiger charge is 2.24. The topological polar surface area (TPSA) is 0 Å². The van der Waals surface area contributed by atoms with E-state index in [1.54, 1.807) is 12.1 Å². The van der Waals surface area contributed by atoms with Gasteiger partial charge in [0.1, 0.15) is 17.5 Å². The summed E-state index contributed by atoms with van der Waals surface area (Å²) < 4.78 is 44.3. The Balaban J connectivity index is 1.71. The summed E-state index contributed by atoms with van der Waals surface area (Å²) in [6.07, 6.45) is 8.71. The molecule has 0 saturated heterocycles. The maximum atomic E-state index is 14.9. The molecule has 0 aromatic heterocycles. The normalized spacial score (nSPS) is 20.3. The van der Waals surface area contributed by atoms with Gasteiger partial charge in [0.25, 0.3) is 0 Å². The Bertz CT molecular complexity index is 811. The minimum atomic E-state index is -0.490. The van der Waals surface area contributed by atoms with E-state index in [1.165, 1.54) is 25.0 Å². The van der Waals surface area contributed by atoms with Crippen LogP contribution in [0.2, 0.25) is 0 Å². The maximum absolute atomic E-state index is 14.9. The zero-order chi connectivity index (χ0) is 21.7. The van der Waals surface area contributed by atoms with Gasteiger partial charge in [0.05, 0.1) is 0 Å². The van der Waals surface area contributed by atoms with E-state index >= 15 is 0 Å². The van der Waals surface area contributed by atoms with Gasteiger partial charge in [-0.15, -0.1) is 0 Å². The molecule has 30 heavy (non-hydrogen) atoms. The van der Waals surface area contributed by atoms with Crippen LogP contribution in [0.3, 0.4) is 0 Å². The summed E-state index contributed by atoms with van der Waals surface area (Å²) in [5.41, 5.74) is 2.34. The predicted molar refractivity (Wildman–Crippen MR) is 118 cm³/mol. The molecule has 0 aliphatic heterocycles. The quantitative estimate of drug-likeness (QED) is 0.405. The number of hydrogen-bond acceptors (Lipinski definition) is 0. The van der Waals surface area contributed by atoms with Crippen LogP contribution in [0.4, 0.5) is 13.2 Å². The van der Waals surface area contributed by atoms with Crippen molar-refractivity contribution < 1.29 is 13.2 Å². The zero-order valence-corrected chi connectivity index (χ0v) is 18.6. The Morgan fingerprint density at radius 2 is 1.53 bits per heavy atom. The molecule has 1 atom stereocenters. The zero-order valence-electron chi connectivity index (χ0n) is 18.6. The fourth-order valence-corrected chi connectivity index (χ4v) is 5.08. The number of aryl methyl sites for hydroxylation is 1. The number of rotatable bonds is 8. The van der Waals surface area contributed by atoms with Crippen LogP contribution in [-0.2, 0) is 12.8 Å². The first kappa shape index (κ1) is 22.9. The minimum Gasteiger partial charge on any atom is -0.207 e. The summed E-state index contributed by atoms with van der Waals surface area (Å²) >= 11 is 0. The highest BCUT2D eigenvalue weighted by Crippen LogP contribution is 2.38. The lowest BCUT2D eigenvalue weighted by atomic mass is 9.77. The third kappa shape index (κ3) is 5.47. The Kier molecular flexibility index (Phi) is 8.02. The van der Waals surface area contributed by atoms with Crippen LogP contribution in [-0.4, -0.2) is 0 Å². The molecule has 1 aliphatic carbocycles. The second kappa shape index (κ2) is 10.5. The van der Waals surface area contributed by atoms with Gasteiger partial charge in [0.15, 0.2) is 0 Å². The lowest BCUT2D eigenvalue weighted by Gasteiger charge is -2.29. The first-order valence-corrected chi connectivity index (χ1v) is 11.7. The highest BCUT2D eigenvalue weighted by molar-refractivity contribution is 5.33. The fraction of sp³-hybridized carbons (Fsp3) is 0.556. The van der Waals surface area contributed by atoms with E-state index in [0.717, 1.165) is 55.6 Å². The van der Waals surface area contributed by atoms with Gasteiger partial charge in [-0.2, -0.15) is 0 Å². The van der Waals surface area contributed by atoms with Crippen LogP contribution < -0.4 is 0 Å². The van der Waals surface area contributed by atoms with E-state index in [-0.39, 0.29) is 29.6 Å². The summed E-state index contributed by atoms with van der Waals surface area (Å²) in [5.74, 6) is -0.544. The molecule has 0 bridgehead atoms. The molecular weight excluding hydrogens is 381 g/mol. The second-order valence-electron chi connectivity index (χ2n) is 9.18. The average molecular weight is 417 g/mol. The van der Waals surface area contributed by atoms with Crippen LogP contribution in [0.5, 0.6) is 0 Å². The molecule has 1 fully saturated rings. The van der Waals surface area contributed by atoms with Gasteiger partial charge in [-0.1, -0.05) is 52.2 Å². The van der Waals surface area contributed by atoms with Crippen molar-refractivity contribution >= 4 is 0 Å². The molecular formula is C27H35F3. The molecule has 1 saturated carbocycles. The Labute approximate surface area is 179 Å². The summed E-state index contributed by atoms with van der Waals surface area (Å²) in [6, 6.07) is 8.29. The summed E-state index contributed by atoms with van der Waals surface area (Å²) in [5, 5.41) is 0. The minimum absolute atomic E-state index is 0.0722. The summed E-state index contributed by atoms with van der Waals surface area (Å²) in [7, 11) is 0. The molecule has 0 amide bonds.